The molecule has 1 amide bonds. The molecule has 18 heavy (non-hydrogen) atoms. The zero-order valence-corrected chi connectivity index (χ0v) is 9.46. The molecule has 4 nitrogen and oxygen atoms in total. The maximum Gasteiger partial charge on any atom is 0.248 e. The Balaban J connectivity index is 2.01. The van der Waals surface area contributed by atoms with Gasteiger partial charge in [0.05, 0.1) is 17.9 Å². The zero-order valence-electron chi connectivity index (χ0n) is 9.46. The highest BCUT2D eigenvalue weighted by Crippen LogP contribution is 2.10. The molecule has 1 aromatic heterocycles. The number of hydrogen-bond acceptors (Lipinski definition) is 3. The van der Waals surface area contributed by atoms with Gasteiger partial charge in [0.2, 0.25) is 5.91 Å². The van der Waals surface area contributed by atoms with Crippen LogP contribution >= 0.6 is 0 Å². The molecule has 0 aliphatic heterocycles. The molecule has 1 N–H and O–H groups in total. The van der Waals surface area contributed by atoms with Crippen LogP contribution in [0.15, 0.2) is 53.2 Å². The molecule has 0 saturated heterocycles. The SMILES string of the molecule is N#Cc1cccc(NC(=O)/C=C/c2ccco2)c1. The quantitative estimate of drug-likeness (QED) is 0.836. The average molecular weight is 238 g/mol. The van der Waals surface area contributed by atoms with Crippen molar-refractivity contribution < 1.29 is 9.21 Å². The van der Waals surface area contributed by atoms with Crippen molar-refractivity contribution in [1.82, 2.24) is 0 Å². The Morgan fingerprint density at radius 2 is 2.22 bits per heavy atom. The molecule has 0 atom stereocenters. The number of benzene rings is 1. The summed E-state index contributed by atoms with van der Waals surface area (Å²) >= 11 is 0. The third-order valence-electron chi connectivity index (χ3n) is 2.20. The molecule has 0 aliphatic carbocycles. The van der Waals surface area contributed by atoms with Crippen LogP contribution in [0.1, 0.15) is 11.3 Å². The lowest BCUT2D eigenvalue weighted by Gasteiger charge is -2.01. The largest absolute Gasteiger partial charge is 0.465 e. The smallest absolute Gasteiger partial charge is 0.248 e. The van der Waals surface area contributed by atoms with E-state index in [0.717, 1.165) is 0 Å². The predicted octanol–water partition coefficient (Wildman–Crippen LogP) is 2.80. The summed E-state index contributed by atoms with van der Waals surface area (Å²) in [6.07, 6.45) is 4.48. The number of amides is 1. The van der Waals surface area contributed by atoms with Gasteiger partial charge in [-0.15, -0.1) is 0 Å². The van der Waals surface area contributed by atoms with Crippen molar-refractivity contribution in [3.63, 3.8) is 0 Å². The van der Waals surface area contributed by atoms with E-state index in [4.69, 9.17) is 9.68 Å². The Morgan fingerprint density at radius 3 is 2.94 bits per heavy atom. The first-order valence-corrected chi connectivity index (χ1v) is 5.30. The molecule has 88 valence electrons. The van der Waals surface area contributed by atoms with Crippen molar-refractivity contribution in [3.8, 4) is 6.07 Å². The van der Waals surface area contributed by atoms with Gasteiger partial charge in [-0.2, -0.15) is 5.26 Å². The van der Waals surface area contributed by atoms with Gasteiger partial charge in [0.25, 0.3) is 0 Å². The van der Waals surface area contributed by atoms with Gasteiger partial charge in [-0.25, -0.2) is 0 Å². The van der Waals surface area contributed by atoms with E-state index in [-0.39, 0.29) is 5.91 Å². The van der Waals surface area contributed by atoms with Gasteiger partial charge in [0.1, 0.15) is 5.76 Å². The first kappa shape index (κ1) is 11.7. The highest BCUT2D eigenvalue weighted by Gasteiger charge is 1.99. The fourth-order valence-corrected chi connectivity index (χ4v) is 1.39. The van der Waals surface area contributed by atoms with Crippen LogP contribution in [0, 0.1) is 11.3 Å². The van der Waals surface area contributed by atoms with E-state index in [1.54, 1.807) is 42.5 Å². The minimum Gasteiger partial charge on any atom is -0.465 e. The van der Waals surface area contributed by atoms with Gasteiger partial charge in [-0.05, 0) is 36.4 Å². The summed E-state index contributed by atoms with van der Waals surface area (Å²) in [5.74, 6) is 0.331. The molecular formula is C14H10N2O2. The van der Waals surface area contributed by atoms with Crippen LogP contribution in [0.5, 0.6) is 0 Å². The molecule has 4 heteroatoms. The fourth-order valence-electron chi connectivity index (χ4n) is 1.39. The van der Waals surface area contributed by atoms with Gasteiger partial charge in [0.15, 0.2) is 0 Å². The number of rotatable bonds is 3. The van der Waals surface area contributed by atoms with Crippen LogP contribution in [0.25, 0.3) is 6.08 Å². The summed E-state index contributed by atoms with van der Waals surface area (Å²) in [7, 11) is 0. The molecule has 0 unspecified atom stereocenters. The second-order valence-electron chi connectivity index (χ2n) is 3.53. The number of nitrogens with zero attached hydrogens (tertiary/aromatic N) is 1. The Kier molecular flexibility index (Phi) is 3.57. The summed E-state index contributed by atoms with van der Waals surface area (Å²) in [6.45, 7) is 0. The molecular weight excluding hydrogens is 228 g/mol. The van der Waals surface area contributed by atoms with E-state index < -0.39 is 0 Å². The van der Waals surface area contributed by atoms with Gasteiger partial charge >= 0.3 is 0 Å². The van der Waals surface area contributed by atoms with Crippen molar-refractivity contribution in [1.29, 1.82) is 5.26 Å². The maximum absolute atomic E-state index is 11.6. The van der Waals surface area contributed by atoms with Crippen LogP contribution < -0.4 is 5.32 Å². The normalized spacial score (nSPS) is 10.2. The Labute approximate surface area is 104 Å². The number of carbonyl (C=O) groups is 1. The van der Waals surface area contributed by atoms with Gasteiger partial charge < -0.3 is 9.73 Å². The van der Waals surface area contributed by atoms with E-state index in [1.807, 2.05) is 6.07 Å². The van der Waals surface area contributed by atoms with Crippen LogP contribution in [-0.4, -0.2) is 5.91 Å². The summed E-state index contributed by atoms with van der Waals surface area (Å²) in [5, 5.41) is 11.4. The second-order valence-corrected chi connectivity index (χ2v) is 3.53. The molecule has 0 aliphatic rings. The van der Waals surface area contributed by atoms with Gasteiger partial charge in [0, 0.05) is 11.8 Å². The van der Waals surface area contributed by atoms with Crippen LogP contribution in [0.2, 0.25) is 0 Å². The average Bonchev–Trinajstić information content (AvgIpc) is 2.90. The lowest BCUT2D eigenvalue weighted by atomic mass is 10.2. The van der Waals surface area contributed by atoms with E-state index in [9.17, 15) is 4.79 Å². The lowest BCUT2D eigenvalue weighted by Crippen LogP contribution is -2.07. The number of furan rings is 1. The predicted molar refractivity (Wildman–Crippen MR) is 67.5 cm³/mol. The van der Waals surface area contributed by atoms with Crippen molar-refractivity contribution in [2.75, 3.05) is 5.32 Å². The minimum atomic E-state index is -0.276. The second kappa shape index (κ2) is 5.51. The summed E-state index contributed by atoms with van der Waals surface area (Å²) in [5.41, 5.74) is 1.09. The first-order chi connectivity index (χ1) is 8.78. The highest BCUT2D eigenvalue weighted by molar-refractivity contribution is 6.01. The molecule has 1 heterocycles. The van der Waals surface area contributed by atoms with Crippen molar-refractivity contribution >= 4 is 17.7 Å². The maximum atomic E-state index is 11.6. The van der Waals surface area contributed by atoms with Crippen molar-refractivity contribution in [2.45, 2.75) is 0 Å². The first-order valence-electron chi connectivity index (χ1n) is 5.30. The number of hydrogen-bond donors (Lipinski definition) is 1. The van der Waals surface area contributed by atoms with Crippen LogP contribution in [0.4, 0.5) is 5.69 Å². The number of anilines is 1. The zero-order chi connectivity index (χ0) is 12.8. The van der Waals surface area contributed by atoms with E-state index >= 15 is 0 Å². The molecule has 0 spiro atoms. The monoisotopic (exact) mass is 238 g/mol. The number of nitrogens with one attached hydrogen (secondary N) is 1. The van der Waals surface area contributed by atoms with Crippen LogP contribution in [-0.2, 0) is 4.79 Å². The van der Waals surface area contributed by atoms with Gasteiger partial charge in [-0.1, -0.05) is 6.07 Å². The molecule has 0 radical (unpaired) electrons. The standard InChI is InChI=1S/C14H10N2O2/c15-10-11-3-1-4-12(9-11)16-14(17)7-6-13-5-2-8-18-13/h1-9H,(H,16,17)/b7-6+. The van der Waals surface area contributed by atoms with Crippen molar-refractivity contribution in [2.24, 2.45) is 0 Å². The number of nitriles is 1. The van der Waals surface area contributed by atoms with E-state index in [1.165, 1.54) is 12.3 Å². The summed E-state index contributed by atoms with van der Waals surface area (Å²) < 4.78 is 5.06. The third-order valence-corrected chi connectivity index (χ3v) is 2.20. The lowest BCUT2D eigenvalue weighted by molar-refractivity contribution is -0.111. The topological polar surface area (TPSA) is 66.0 Å². The molecule has 2 aromatic rings. The molecule has 0 bridgehead atoms. The van der Waals surface area contributed by atoms with Crippen molar-refractivity contribution in [3.05, 3.63) is 60.1 Å². The van der Waals surface area contributed by atoms with Gasteiger partial charge in [-0.3, -0.25) is 4.79 Å². The Morgan fingerprint density at radius 1 is 1.33 bits per heavy atom. The van der Waals surface area contributed by atoms with E-state index in [2.05, 4.69) is 5.32 Å². The molecule has 2 rings (SSSR count). The molecule has 0 fully saturated rings. The Hall–Kier alpha value is -2.80. The summed E-state index contributed by atoms with van der Waals surface area (Å²) in [6, 6.07) is 12.2. The Bertz CT molecular complexity index is 607. The minimum absolute atomic E-state index is 0.276. The molecule has 1 aromatic carbocycles. The third kappa shape index (κ3) is 3.09. The fraction of sp³-hybridized carbons (Fsp3) is 0. The summed E-state index contributed by atoms with van der Waals surface area (Å²) in [4.78, 5) is 11.6. The highest BCUT2D eigenvalue weighted by atomic mass is 16.3. The number of carbonyl (C=O) groups excluding carboxylic acids is 1. The van der Waals surface area contributed by atoms with E-state index in [0.29, 0.717) is 17.0 Å². The van der Waals surface area contributed by atoms with Crippen LogP contribution in [0.3, 0.4) is 0 Å². The molecule has 0 saturated carbocycles.